The van der Waals surface area contributed by atoms with Crippen molar-refractivity contribution in [2.24, 2.45) is 0 Å². The van der Waals surface area contributed by atoms with E-state index in [4.69, 9.17) is 21.1 Å². The van der Waals surface area contributed by atoms with Crippen LogP contribution < -0.4 is 20.1 Å². The van der Waals surface area contributed by atoms with Gasteiger partial charge in [-0.25, -0.2) is 0 Å². The van der Waals surface area contributed by atoms with Crippen LogP contribution in [-0.2, 0) is 16.0 Å². The van der Waals surface area contributed by atoms with Gasteiger partial charge in [0.25, 0.3) is 5.91 Å². The molecule has 3 amide bonds. The smallest absolute Gasteiger partial charge is 0.253 e. The minimum atomic E-state index is -0.732. The molecule has 1 atom stereocenters. The van der Waals surface area contributed by atoms with Crippen LogP contribution in [0.3, 0.4) is 0 Å². The number of carbonyl (C=O) groups is 3. The van der Waals surface area contributed by atoms with E-state index in [9.17, 15) is 14.4 Å². The predicted octanol–water partition coefficient (Wildman–Crippen LogP) is 2.83. The van der Waals surface area contributed by atoms with Crippen LogP contribution in [0.5, 0.6) is 11.5 Å². The van der Waals surface area contributed by atoms with E-state index in [1.54, 1.807) is 55.5 Å². The second-order valence-electron chi connectivity index (χ2n) is 8.23. The molecule has 1 fully saturated rings. The minimum absolute atomic E-state index is 0.0500. The largest absolute Gasteiger partial charge is 0.493 e. The molecule has 8 nitrogen and oxygen atoms in total. The highest BCUT2D eigenvalue weighted by Gasteiger charge is 2.27. The Morgan fingerprint density at radius 2 is 1.68 bits per heavy atom. The molecule has 2 aromatic rings. The van der Waals surface area contributed by atoms with E-state index in [1.807, 2.05) is 6.07 Å². The molecule has 0 aromatic heterocycles. The summed E-state index contributed by atoms with van der Waals surface area (Å²) in [6.07, 6.45) is 1.57. The Bertz CT molecular complexity index is 1020. The van der Waals surface area contributed by atoms with Crippen molar-refractivity contribution in [1.29, 1.82) is 0 Å². The number of hydrogen-bond acceptors (Lipinski definition) is 5. The number of nitrogens with one attached hydrogen (secondary N) is 2. The summed E-state index contributed by atoms with van der Waals surface area (Å²) in [4.78, 5) is 39.3. The van der Waals surface area contributed by atoms with Crippen molar-refractivity contribution in [3.05, 3.63) is 58.6 Å². The Labute approximate surface area is 204 Å². The summed E-state index contributed by atoms with van der Waals surface area (Å²) in [5, 5.41) is 6.36. The zero-order valence-corrected chi connectivity index (χ0v) is 20.4. The number of methoxy groups -OCH3 is 2. The first-order valence-electron chi connectivity index (χ1n) is 11.1. The number of piperidine rings is 1. The molecule has 1 saturated heterocycles. The van der Waals surface area contributed by atoms with Crippen LogP contribution in [-0.4, -0.2) is 62.0 Å². The van der Waals surface area contributed by atoms with Gasteiger partial charge in [-0.05, 0) is 54.8 Å². The van der Waals surface area contributed by atoms with Gasteiger partial charge in [-0.2, -0.15) is 0 Å². The summed E-state index contributed by atoms with van der Waals surface area (Å²) < 4.78 is 10.6. The Balaban J connectivity index is 1.59. The van der Waals surface area contributed by atoms with Gasteiger partial charge in [0.1, 0.15) is 6.04 Å². The van der Waals surface area contributed by atoms with Crippen LogP contribution in [0.2, 0.25) is 5.02 Å². The molecule has 0 aliphatic carbocycles. The molecule has 0 spiro atoms. The van der Waals surface area contributed by atoms with Crippen molar-refractivity contribution in [2.45, 2.75) is 38.3 Å². The summed E-state index contributed by atoms with van der Waals surface area (Å²) in [7, 11) is 3.10. The van der Waals surface area contributed by atoms with Crippen molar-refractivity contribution >= 4 is 29.3 Å². The van der Waals surface area contributed by atoms with Crippen LogP contribution in [0.4, 0.5) is 0 Å². The number of nitrogens with zero attached hydrogens (tertiary/aromatic N) is 1. The van der Waals surface area contributed by atoms with Gasteiger partial charge in [0.15, 0.2) is 11.5 Å². The SMILES string of the molecule is COc1ccc(CC(NC(C)=O)C(=O)NC2CCN(C(=O)c3ccc(Cl)cc3)CC2)cc1OC. The average molecular weight is 488 g/mol. The molecule has 1 unspecified atom stereocenters. The third-order valence-corrected chi connectivity index (χ3v) is 6.05. The number of ether oxygens (including phenoxy) is 2. The lowest BCUT2D eigenvalue weighted by Crippen LogP contribution is -2.53. The van der Waals surface area contributed by atoms with E-state index in [0.29, 0.717) is 54.4 Å². The Kier molecular flexibility index (Phi) is 8.76. The van der Waals surface area contributed by atoms with Crippen molar-refractivity contribution in [3.8, 4) is 11.5 Å². The summed E-state index contributed by atoms with van der Waals surface area (Å²) in [6.45, 7) is 2.45. The van der Waals surface area contributed by atoms with Crippen LogP contribution in [0.1, 0.15) is 35.7 Å². The van der Waals surface area contributed by atoms with Gasteiger partial charge in [0.05, 0.1) is 14.2 Å². The molecular weight excluding hydrogens is 458 g/mol. The first-order valence-corrected chi connectivity index (χ1v) is 11.5. The highest BCUT2D eigenvalue weighted by molar-refractivity contribution is 6.30. The van der Waals surface area contributed by atoms with Crippen molar-refractivity contribution in [2.75, 3.05) is 27.3 Å². The molecule has 9 heteroatoms. The Morgan fingerprint density at radius 1 is 1.03 bits per heavy atom. The monoisotopic (exact) mass is 487 g/mol. The number of hydrogen-bond donors (Lipinski definition) is 2. The van der Waals surface area contributed by atoms with Crippen LogP contribution in [0, 0.1) is 0 Å². The Hall–Kier alpha value is -3.26. The number of rotatable bonds is 8. The van der Waals surface area contributed by atoms with E-state index in [1.165, 1.54) is 6.92 Å². The topological polar surface area (TPSA) is 97.0 Å². The minimum Gasteiger partial charge on any atom is -0.493 e. The molecular formula is C25H30ClN3O5. The maximum absolute atomic E-state index is 13.0. The van der Waals surface area contributed by atoms with Crippen molar-refractivity contribution < 1.29 is 23.9 Å². The third kappa shape index (κ3) is 6.63. The standard InChI is InChI=1S/C25H30ClN3O5/c1-16(30)27-21(14-17-4-9-22(33-2)23(15-17)34-3)24(31)28-20-10-12-29(13-11-20)25(32)18-5-7-19(26)8-6-18/h4-9,15,20-21H,10-14H2,1-3H3,(H,27,30)(H,28,31). The van der Waals surface area contributed by atoms with Crippen LogP contribution in [0.15, 0.2) is 42.5 Å². The predicted molar refractivity (Wildman–Crippen MR) is 129 cm³/mol. The van der Waals surface area contributed by atoms with Crippen molar-refractivity contribution in [3.63, 3.8) is 0 Å². The van der Waals surface area contributed by atoms with E-state index >= 15 is 0 Å². The highest BCUT2D eigenvalue weighted by Crippen LogP contribution is 2.28. The third-order valence-electron chi connectivity index (χ3n) is 5.80. The summed E-state index contributed by atoms with van der Waals surface area (Å²) >= 11 is 5.90. The lowest BCUT2D eigenvalue weighted by Gasteiger charge is -2.33. The van der Waals surface area contributed by atoms with E-state index in [0.717, 1.165) is 5.56 Å². The Morgan fingerprint density at radius 3 is 2.26 bits per heavy atom. The zero-order valence-electron chi connectivity index (χ0n) is 19.6. The van der Waals surface area contributed by atoms with Crippen LogP contribution >= 0.6 is 11.6 Å². The molecule has 1 aliphatic rings. The van der Waals surface area contributed by atoms with E-state index in [2.05, 4.69) is 10.6 Å². The van der Waals surface area contributed by atoms with Gasteiger partial charge in [0, 0.05) is 43.1 Å². The maximum atomic E-state index is 13.0. The van der Waals surface area contributed by atoms with E-state index in [-0.39, 0.29) is 23.8 Å². The first kappa shape index (κ1) is 25.4. The molecule has 0 bridgehead atoms. The maximum Gasteiger partial charge on any atom is 0.253 e. The van der Waals surface area contributed by atoms with Crippen LogP contribution in [0.25, 0.3) is 0 Å². The molecule has 182 valence electrons. The second-order valence-corrected chi connectivity index (χ2v) is 8.66. The highest BCUT2D eigenvalue weighted by atomic mass is 35.5. The van der Waals surface area contributed by atoms with Gasteiger partial charge >= 0.3 is 0 Å². The molecule has 2 aromatic carbocycles. The zero-order chi connectivity index (χ0) is 24.7. The van der Waals surface area contributed by atoms with Crippen molar-refractivity contribution in [1.82, 2.24) is 15.5 Å². The summed E-state index contributed by atoms with van der Waals surface area (Å²) in [6, 6.07) is 11.4. The van der Waals surface area contributed by atoms with E-state index < -0.39 is 6.04 Å². The molecule has 0 saturated carbocycles. The summed E-state index contributed by atoms with van der Waals surface area (Å²) in [5.74, 6) is 0.550. The fourth-order valence-corrected chi connectivity index (χ4v) is 4.13. The normalized spacial score (nSPS) is 14.8. The molecule has 0 radical (unpaired) electrons. The van der Waals surface area contributed by atoms with Gasteiger partial charge in [-0.15, -0.1) is 0 Å². The van der Waals surface area contributed by atoms with Gasteiger partial charge < -0.3 is 25.0 Å². The second kappa shape index (κ2) is 11.7. The average Bonchev–Trinajstić information content (AvgIpc) is 2.83. The first-order chi connectivity index (χ1) is 16.3. The molecule has 1 aliphatic heterocycles. The lowest BCUT2D eigenvalue weighted by molar-refractivity contribution is -0.128. The number of halogens is 1. The number of carbonyl (C=O) groups excluding carboxylic acids is 3. The lowest BCUT2D eigenvalue weighted by atomic mass is 10.0. The molecule has 34 heavy (non-hydrogen) atoms. The van der Waals surface area contributed by atoms with Gasteiger partial charge in [0.2, 0.25) is 11.8 Å². The molecule has 2 N–H and O–H groups in total. The van der Waals surface area contributed by atoms with Gasteiger partial charge in [-0.1, -0.05) is 17.7 Å². The molecule has 3 rings (SSSR count). The number of likely N-dealkylation sites (tertiary alicyclic amines) is 1. The molecule has 1 heterocycles. The fourth-order valence-electron chi connectivity index (χ4n) is 4.00. The fraction of sp³-hybridized carbons (Fsp3) is 0.400. The quantitative estimate of drug-likeness (QED) is 0.596. The van der Waals surface area contributed by atoms with Gasteiger partial charge in [-0.3, -0.25) is 14.4 Å². The number of benzene rings is 2. The summed E-state index contributed by atoms with van der Waals surface area (Å²) in [5.41, 5.74) is 1.42. The number of amides is 3.